The molecular formula is C14H17BrN2O2S2. The highest BCUT2D eigenvalue weighted by Gasteiger charge is 2.21. The summed E-state index contributed by atoms with van der Waals surface area (Å²) in [5.74, 6) is 0. The molecule has 4 nitrogen and oxygen atoms in total. The highest BCUT2D eigenvalue weighted by Crippen LogP contribution is 2.24. The van der Waals surface area contributed by atoms with Crippen LogP contribution in [-0.4, -0.2) is 26.3 Å². The molecular weight excluding hydrogens is 372 g/mol. The van der Waals surface area contributed by atoms with Gasteiger partial charge in [-0.3, -0.25) is 0 Å². The van der Waals surface area contributed by atoms with Gasteiger partial charge in [0.2, 0.25) is 10.0 Å². The predicted molar refractivity (Wildman–Crippen MR) is 91.3 cm³/mol. The van der Waals surface area contributed by atoms with Crippen LogP contribution in [0, 0.1) is 0 Å². The summed E-state index contributed by atoms with van der Waals surface area (Å²) in [7, 11) is -1.87. The summed E-state index contributed by atoms with van der Waals surface area (Å²) < 4.78 is 27.4. The minimum Gasteiger partial charge on any atom is -0.385 e. The highest BCUT2D eigenvalue weighted by molar-refractivity contribution is 9.11. The second kappa shape index (κ2) is 6.91. The normalized spacial score (nSPS) is 11.8. The van der Waals surface area contributed by atoms with Gasteiger partial charge >= 0.3 is 0 Å². The molecule has 0 radical (unpaired) electrons. The highest BCUT2D eigenvalue weighted by atomic mass is 79.9. The van der Waals surface area contributed by atoms with Crippen molar-refractivity contribution < 1.29 is 8.42 Å². The topological polar surface area (TPSA) is 49.4 Å². The number of thiophene rings is 1. The minimum absolute atomic E-state index is 0.306. The van der Waals surface area contributed by atoms with E-state index in [0.29, 0.717) is 11.4 Å². The van der Waals surface area contributed by atoms with Crippen molar-refractivity contribution in [2.24, 2.45) is 0 Å². The number of benzene rings is 1. The van der Waals surface area contributed by atoms with E-state index in [1.807, 2.05) is 18.4 Å². The standard InChI is InChI=1S/C14H17BrN2O2S2/c1-3-16-12-4-6-13(7-5-12)21(18,19)17(2)9-11-8-14(15)20-10-11/h4-8,10,16H,3,9H2,1-2H3. The van der Waals surface area contributed by atoms with Crippen LogP contribution in [0.15, 0.2) is 44.4 Å². The Labute approximate surface area is 138 Å². The van der Waals surface area contributed by atoms with Crippen molar-refractivity contribution in [3.05, 3.63) is 45.1 Å². The first-order chi connectivity index (χ1) is 9.93. The van der Waals surface area contributed by atoms with Crippen LogP contribution in [0.1, 0.15) is 12.5 Å². The third-order valence-electron chi connectivity index (χ3n) is 2.97. The molecule has 21 heavy (non-hydrogen) atoms. The number of nitrogens with one attached hydrogen (secondary N) is 1. The summed E-state index contributed by atoms with van der Waals surface area (Å²) in [6.45, 7) is 3.16. The maximum Gasteiger partial charge on any atom is 0.243 e. The summed E-state index contributed by atoms with van der Waals surface area (Å²) in [6, 6.07) is 8.77. The van der Waals surface area contributed by atoms with E-state index in [0.717, 1.165) is 21.6 Å². The van der Waals surface area contributed by atoms with Crippen LogP contribution in [-0.2, 0) is 16.6 Å². The van der Waals surface area contributed by atoms with E-state index in [9.17, 15) is 8.42 Å². The van der Waals surface area contributed by atoms with E-state index in [1.165, 1.54) is 4.31 Å². The number of rotatable bonds is 6. The first kappa shape index (κ1) is 16.5. The van der Waals surface area contributed by atoms with Crippen molar-refractivity contribution in [3.63, 3.8) is 0 Å². The van der Waals surface area contributed by atoms with E-state index in [4.69, 9.17) is 0 Å². The summed E-state index contributed by atoms with van der Waals surface area (Å²) in [4.78, 5) is 0.306. The van der Waals surface area contributed by atoms with Gasteiger partial charge < -0.3 is 5.32 Å². The molecule has 1 heterocycles. The molecule has 0 saturated carbocycles. The summed E-state index contributed by atoms with van der Waals surface area (Å²) in [5, 5.41) is 5.09. The molecule has 0 aliphatic rings. The average molecular weight is 389 g/mol. The second-order valence-corrected chi connectivity index (χ2v) is 8.91. The maximum atomic E-state index is 12.5. The maximum absolute atomic E-state index is 12.5. The van der Waals surface area contributed by atoms with Crippen molar-refractivity contribution in [1.82, 2.24) is 4.31 Å². The Kier molecular flexibility index (Phi) is 5.43. The third-order valence-corrected chi connectivity index (χ3v) is 6.34. The smallest absolute Gasteiger partial charge is 0.243 e. The Morgan fingerprint density at radius 2 is 1.95 bits per heavy atom. The van der Waals surface area contributed by atoms with Gasteiger partial charge in [-0.05, 0) is 64.1 Å². The Balaban J connectivity index is 2.16. The van der Waals surface area contributed by atoms with Crippen molar-refractivity contribution in [3.8, 4) is 0 Å². The fourth-order valence-corrected chi connectivity index (χ4v) is 4.26. The summed E-state index contributed by atoms with van der Waals surface area (Å²) in [5.41, 5.74) is 1.89. The molecule has 2 rings (SSSR count). The van der Waals surface area contributed by atoms with Gasteiger partial charge in [-0.1, -0.05) is 0 Å². The van der Waals surface area contributed by atoms with Gasteiger partial charge in [0, 0.05) is 25.8 Å². The third kappa shape index (κ3) is 4.06. The van der Waals surface area contributed by atoms with Crippen LogP contribution >= 0.6 is 27.3 Å². The minimum atomic E-state index is -3.46. The Bertz CT molecular complexity index is 696. The van der Waals surface area contributed by atoms with E-state index in [-0.39, 0.29) is 0 Å². The van der Waals surface area contributed by atoms with Gasteiger partial charge in [-0.2, -0.15) is 4.31 Å². The average Bonchev–Trinajstić information content (AvgIpc) is 2.85. The van der Waals surface area contributed by atoms with Gasteiger partial charge in [0.1, 0.15) is 0 Å². The zero-order chi connectivity index (χ0) is 15.5. The molecule has 2 aromatic rings. The first-order valence-corrected chi connectivity index (χ1v) is 9.58. The molecule has 0 spiro atoms. The van der Waals surface area contributed by atoms with Gasteiger partial charge in [-0.15, -0.1) is 11.3 Å². The molecule has 114 valence electrons. The number of sulfonamides is 1. The van der Waals surface area contributed by atoms with E-state index < -0.39 is 10.0 Å². The van der Waals surface area contributed by atoms with Crippen molar-refractivity contribution >= 4 is 43.0 Å². The number of halogens is 1. The fourth-order valence-electron chi connectivity index (χ4n) is 1.90. The number of nitrogens with zero attached hydrogens (tertiary/aromatic N) is 1. The van der Waals surface area contributed by atoms with E-state index in [1.54, 1.807) is 42.6 Å². The summed E-state index contributed by atoms with van der Waals surface area (Å²) in [6.07, 6.45) is 0. The van der Waals surface area contributed by atoms with Crippen LogP contribution in [0.25, 0.3) is 0 Å². The second-order valence-electron chi connectivity index (χ2n) is 4.57. The lowest BCUT2D eigenvalue weighted by Gasteiger charge is -2.17. The van der Waals surface area contributed by atoms with Crippen LogP contribution < -0.4 is 5.32 Å². The lowest BCUT2D eigenvalue weighted by atomic mass is 10.3. The molecule has 0 bridgehead atoms. The largest absolute Gasteiger partial charge is 0.385 e. The monoisotopic (exact) mass is 388 g/mol. The summed E-state index contributed by atoms with van der Waals surface area (Å²) >= 11 is 4.93. The molecule has 0 unspecified atom stereocenters. The lowest BCUT2D eigenvalue weighted by Crippen LogP contribution is -2.26. The first-order valence-electron chi connectivity index (χ1n) is 6.46. The van der Waals surface area contributed by atoms with Gasteiger partial charge in [0.15, 0.2) is 0 Å². The van der Waals surface area contributed by atoms with Crippen LogP contribution in [0.5, 0.6) is 0 Å². The van der Waals surface area contributed by atoms with Gasteiger partial charge in [-0.25, -0.2) is 8.42 Å². The lowest BCUT2D eigenvalue weighted by molar-refractivity contribution is 0.467. The molecule has 1 aromatic carbocycles. The molecule has 0 atom stereocenters. The molecule has 0 amide bonds. The molecule has 0 saturated heterocycles. The Hall–Kier alpha value is -0.890. The molecule has 0 fully saturated rings. The van der Waals surface area contributed by atoms with Gasteiger partial charge in [0.05, 0.1) is 8.68 Å². The van der Waals surface area contributed by atoms with Crippen LogP contribution in [0.4, 0.5) is 5.69 Å². The van der Waals surface area contributed by atoms with Gasteiger partial charge in [0.25, 0.3) is 0 Å². The Morgan fingerprint density at radius 3 is 2.48 bits per heavy atom. The Morgan fingerprint density at radius 1 is 1.29 bits per heavy atom. The quantitative estimate of drug-likeness (QED) is 0.819. The predicted octanol–water partition coefficient (Wildman–Crippen LogP) is 3.76. The van der Waals surface area contributed by atoms with Crippen LogP contribution in [0.2, 0.25) is 0 Å². The van der Waals surface area contributed by atoms with E-state index >= 15 is 0 Å². The molecule has 1 N–H and O–H groups in total. The fraction of sp³-hybridized carbons (Fsp3) is 0.286. The number of hydrogen-bond acceptors (Lipinski definition) is 4. The SMILES string of the molecule is CCNc1ccc(S(=O)(=O)N(C)Cc2csc(Br)c2)cc1. The zero-order valence-corrected chi connectivity index (χ0v) is 15.1. The van der Waals surface area contributed by atoms with Crippen molar-refractivity contribution in [2.75, 3.05) is 18.9 Å². The van der Waals surface area contributed by atoms with Crippen molar-refractivity contribution in [2.45, 2.75) is 18.4 Å². The number of hydrogen-bond donors (Lipinski definition) is 1. The number of anilines is 1. The molecule has 1 aromatic heterocycles. The van der Waals surface area contributed by atoms with Crippen LogP contribution in [0.3, 0.4) is 0 Å². The van der Waals surface area contributed by atoms with Crippen molar-refractivity contribution in [1.29, 1.82) is 0 Å². The molecule has 0 aliphatic carbocycles. The molecule has 7 heteroatoms. The van der Waals surface area contributed by atoms with E-state index in [2.05, 4.69) is 21.2 Å². The zero-order valence-electron chi connectivity index (χ0n) is 11.8. The molecule has 0 aliphatic heterocycles.